The first-order chi connectivity index (χ1) is 9.70. The zero-order valence-electron chi connectivity index (χ0n) is 12.1. The minimum Gasteiger partial charge on any atom is -0.361 e. The average Bonchev–Trinajstić information content (AvgIpc) is 2.46. The number of nitrogens with one attached hydrogen (secondary N) is 2. The lowest BCUT2D eigenvalue weighted by Crippen LogP contribution is -2.39. The molecule has 2 aromatic rings. The first kappa shape index (κ1) is 12.7. The van der Waals surface area contributed by atoms with E-state index in [1.165, 1.54) is 16.7 Å². The minimum atomic E-state index is 0.0600. The molecule has 2 aromatic carbocycles. The average molecular weight is 265 g/mol. The lowest BCUT2D eigenvalue weighted by molar-refractivity contribution is 0.709. The third-order valence-corrected chi connectivity index (χ3v) is 3.82. The van der Waals surface area contributed by atoms with Crippen molar-refractivity contribution in [3.63, 3.8) is 0 Å². The standard InChI is InChI=1S/C17H19N3/c1-11-7-6-8-12(2)15(11)17-19-14-10-5-4-9-13(14)16(18-3)20-17/h4-10,17,19H,1-3H3,(H,18,20). The van der Waals surface area contributed by atoms with Crippen molar-refractivity contribution < 1.29 is 0 Å². The second kappa shape index (κ2) is 5.00. The topological polar surface area (TPSA) is 36.4 Å². The van der Waals surface area contributed by atoms with Crippen molar-refractivity contribution >= 4 is 11.5 Å². The molecule has 1 aliphatic rings. The summed E-state index contributed by atoms with van der Waals surface area (Å²) in [5.74, 6) is 0.937. The Morgan fingerprint density at radius 3 is 2.30 bits per heavy atom. The van der Waals surface area contributed by atoms with E-state index < -0.39 is 0 Å². The molecule has 0 radical (unpaired) electrons. The molecule has 0 amide bonds. The number of aryl methyl sites for hydroxylation is 2. The maximum absolute atomic E-state index is 4.39. The van der Waals surface area contributed by atoms with Crippen LogP contribution in [0.3, 0.4) is 0 Å². The fraction of sp³-hybridized carbons (Fsp3) is 0.235. The molecule has 1 unspecified atom stereocenters. The van der Waals surface area contributed by atoms with E-state index in [0.29, 0.717) is 0 Å². The number of nitrogens with zero attached hydrogens (tertiary/aromatic N) is 1. The first-order valence-corrected chi connectivity index (χ1v) is 6.86. The van der Waals surface area contributed by atoms with Gasteiger partial charge in [0.1, 0.15) is 12.0 Å². The summed E-state index contributed by atoms with van der Waals surface area (Å²) in [7, 11) is 1.83. The SMILES string of the molecule is CN=C1NC(c2c(C)cccc2C)Nc2ccccc21. The molecule has 0 aromatic heterocycles. The monoisotopic (exact) mass is 265 g/mol. The normalized spacial score (nSPS) is 19.1. The second-order valence-electron chi connectivity index (χ2n) is 5.14. The smallest absolute Gasteiger partial charge is 0.131 e. The molecule has 102 valence electrons. The van der Waals surface area contributed by atoms with E-state index in [1.807, 2.05) is 19.2 Å². The maximum Gasteiger partial charge on any atom is 0.131 e. The summed E-state index contributed by atoms with van der Waals surface area (Å²) in [6, 6.07) is 14.7. The van der Waals surface area contributed by atoms with E-state index in [-0.39, 0.29) is 6.17 Å². The van der Waals surface area contributed by atoms with Gasteiger partial charge in [0.15, 0.2) is 0 Å². The summed E-state index contributed by atoms with van der Waals surface area (Å²) in [6.45, 7) is 4.30. The van der Waals surface area contributed by atoms with Gasteiger partial charge in [0.25, 0.3) is 0 Å². The second-order valence-corrected chi connectivity index (χ2v) is 5.14. The molecule has 0 fully saturated rings. The number of hydrogen-bond donors (Lipinski definition) is 2. The highest BCUT2D eigenvalue weighted by Crippen LogP contribution is 2.29. The van der Waals surface area contributed by atoms with E-state index in [4.69, 9.17) is 0 Å². The van der Waals surface area contributed by atoms with E-state index in [0.717, 1.165) is 17.1 Å². The van der Waals surface area contributed by atoms with Gasteiger partial charge in [-0.2, -0.15) is 0 Å². The Hall–Kier alpha value is -2.29. The molecule has 2 N–H and O–H groups in total. The minimum absolute atomic E-state index is 0.0600. The van der Waals surface area contributed by atoms with Crippen molar-refractivity contribution in [3.05, 3.63) is 64.7 Å². The van der Waals surface area contributed by atoms with E-state index in [1.54, 1.807) is 0 Å². The van der Waals surface area contributed by atoms with Gasteiger partial charge < -0.3 is 10.6 Å². The third kappa shape index (κ3) is 2.05. The van der Waals surface area contributed by atoms with Gasteiger partial charge in [0.2, 0.25) is 0 Å². The van der Waals surface area contributed by atoms with Crippen molar-refractivity contribution in [1.82, 2.24) is 5.32 Å². The molecular weight excluding hydrogens is 246 g/mol. The number of rotatable bonds is 1. The lowest BCUT2D eigenvalue weighted by atomic mass is 9.97. The highest BCUT2D eigenvalue weighted by Gasteiger charge is 2.24. The van der Waals surface area contributed by atoms with Crippen LogP contribution in [0.15, 0.2) is 47.5 Å². The molecule has 0 saturated heterocycles. The van der Waals surface area contributed by atoms with Crippen LogP contribution in [-0.4, -0.2) is 12.9 Å². The van der Waals surface area contributed by atoms with Crippen LogP contribution in [0.5, 0.6) is 0 Å². The number of amidine groups is 1. The number of para-hydroxylation sites is 1. The molecule has 1 heterocycles. The molecule has 3 rings (SSSR count). The Labute approximate surface area is 119 Å². The summed E-state index contributed by atoms with van der Waals surface area (Å²) in [5.41, 5.74) is 6.11. The van der Waals surface area contributed by atoms with Crippen LogP contribution in [-0.2, 0) is 0 Å². The first-order valence-electron chi connectivity index (χ1n) is 6.86. The molecule has 20 heavy (non-hydrogen) atoms. The van der Waals surface area contributed by atoms with Crippen LogP contribution in [0.25, 0.3) is 0 Å². The van der Waals surface area contributed by atoms with Crippen molar-refractivity contribution in [3.8, 4) is 0 Å². The Morgan fingerprint density at radius 2 is 1.60 bits per heavy atom. The quantitative estimate of drug-likeness (QED) is 0.829. The Kier molecular flexibility index (Phi) is 3.18. The van der Waals surface area contributed by atoms with Crippen molar-refractivity contribution in [2.24, 2.45) is 4.99 Å². The van der Waals surface area contributed by atoms with E-state index in [2.05, 4.69) is 59.8 Å². The Bertz CT molecular complexity index is 653. The highest BCUT2D eigenvalue weighted by atomic mass is 15.2. The van der Waals surface area contributed by atoms with Gasteiger partial charge in [-0.05, 0) is 37.1 Å². The molecule has 0 saturated carbocycles. The van der Waals surface area contributed by atoms with Crippen LogP contribution < -0.4 is 10.6 Å². The van der Waals surface area contributed by atoms with Crippen molar-refractivity contribution in [2.75, 3.05) is 12.4 Å². The van der Waals surface area contributed by atoms with Gasteiger partial charge in [-0.15, -0.1) is 0 Å². The molecule has 0 bridgehead atoms. The summed E-state index contributed by atoms with van der Waals surface area (Å²) in [4.78, 5) is 4.39. The zero-order valence-corrected chi connectivity index (χ0v) is 12.1. The van der Waals surface area contributed by atoms with Gasteiger partial charge in [-0.1, -0.05) is 30.3 Å². The number of aliphatic imine (C=N–C) groups is 1. The van der Waals surface area contributed by atoms with Crippen LogP contribution in [0, 0.1) is 13.8 Å². The van der Waals surface area contributed by atoms with Crippen LogP contribution in [0.2, 0.25) is 0 Å². The number of anilines is 1. The number of benzene rings is 2. The molecule has 1 atom stereocenters. The largest absolute Gasteiger partial charge is 0.361 e. The highest BCUT2D eigenvalue weighted by molar-refractivity contribution is 6.05. The summed E-state index contributed by atoms with van der Waals surface area (Å²) < 4.78 is 0. The number of hydrogen-bond acceptors (Lipinski definition) is 2. The fourth-order valence-electron chi connectivity index (χ4n) is 2.83. The Morgan fingerprint density at radius 1 is 0.900 bits per heavy atom. The molecule has 3 nitrogen and oxygen atoms in total. The molecule has 1 aliphatic heterocycles. The van der Waals surface area contributed by atoms with Crippen LogP contribution >= 0.6 is 0 Å². The van der Waals surface area contributed by atoms with Crippen LogP contribution in [0.4, 0.5) is 5.69 Å². The van der Waals surface area contributed by atoms with Gasteiger partial charge in [-0.3, -0.25) is 4.99 Å². The zero-order chi connectivity index (χ0) is 14.1. The van der Waals surface area contributed by atoms with Gasteiger partial charge in [-0.25, -0.2) is 0 Å². The van der Waals surface area contributed by atoms with Gasteiger partial charge >= 0.3 is 0 Å². The lowest BCUT2D eigenvalue weighted by Gasteiger charge is -2.32. The van der Waals surface area contributed by atoms with Gasteiger partial charge in [0, 0.05) is 23.9 Å². The maximum atomic E-state index is 4.39. The summed E-state index contributed by atoms with van der Waals surface area (Å²) in [6.07, 6.45) is 0.0600. The summed E-state index contributed by atoms with van der Waals surface area (Å²) in [5, 5.41) is 7.06. The molecule has 0 aliphatic carbocycles. The van der Waals surface area contributed by atoms with E-state index >= 15 is 0 Å². The Balaban J connectivity index is 2.07. The predicted octanol–water partition coefficient (Wildman–Crippen LogP) is 3.39. The predicted molar refractivity (Wildman–Crippen MR) is 84.3 cm³/mol. The van der Waals surface area contributed by atoms with E-state index in [9.17, 15) is 0 Å². The van der Waals surface area contributed by atoms with Crippen LogP contribution in [0.1, 0.15) is 28.4 Å². The molecule has 3 heteroatoms. The number of fused-ring (bicyclic) bond motifs is 1. The molecule has 0 spiro atoms. The summed E-state index contributed by atoms with van der Waals surface area (Å²) >= 11 is 0. The van der Waals surface area contributed by atoms with Crippen molar-refractivity contribution in [2.45, 2.75) is 20.0 Å². The van der Waals surface area contributed by atoms with Gasteiger partial charge in [0.05, 0.1) is 0 Å². The molecular formula is C17H19N3. The van der Waals surface area contributed by atoms with Crippen molar-refractivity contribution in [1.29, 1.82) is 0 Å². The third-order valence-electron chi connectivity index (χ3n) is 3.82. The fourth-order valence-corrected chi connectivity index (χ4v) is 2.83.